The largest absolute Gasteiger partial charge is 0.388 e. The van der Waals surface area contributed by atoms with Gasteiger partial charge in [-0.3, -0.25) is 0 Å². The number of ether oxygens (including phenoxy) is 1. The average Bonchev–Trinajstić information content (AvgIpc) is 2.28. The minimum absolute atomic E-state index is 0.162. The highest BCUT2D eigenvalue weighted by Gasteiger charge is 2.14. The van der Waals surface area contributed by atoms with Gasteiger partial charge in [-0.15, -0.1) is 0 Å². The molecule has 1 unspecified atom stereocenters. The predicted octanol–water partition coefficient (Wildman–Crippen LogP) is 3.44. The Morgan fingerprint density at radius 3 is 2.24 bits per heavy atom. The first-order chi connectivity index (χ1) is 7.95. The van der Waals surface area contributed by atoms with Crippen LogP contribution in [-0.2, 0) is 10.2 Å². The topological polar surface area (TPSA) is 29.5 Å². The van der Waals surface area contributed by atoms with Gasteiger partial charge in [0.25, 0.3) is 0 Å². The van der Waals surface area contributed by atoms with Crippen LogP contribution in [0.25, 0.3) is 0 Å². The van der Waals surface area contributed by atoms with E-state index >= 15 is 0 Å². The zero-order chi connectivity index (χ0) is 12.9. The van der Waals surface area contributed by atoms with Gasteiger partial charge in [0.1, 0.15) is 0 Å². The Labute approximate surface area is 105 Å². The average molecular weight is 236 g/mol. The third kappa shape index (κ3) is 4.49. The van der Waals surface area contributed by atoms with Gasteiger partial charge < -0.3 is 9.84 Å². The van der Waals surface area contributed by atoms with Crippen LogP contribution in [0.5, 0.6) is 0 Å². The summed E-state index contributed by atoms with van der Waals surface area (Å²) in [6, 6.07) is 8.22. The summed E-state index contributed by atoms with van der Waals surface area (Å²) in [5, 5.41) is 9.96. The first-order valence-corrected chi connectivity index (χ1v) is 6.31. The summed E-state index contributed by atoms with van der Waals surface area (Å²) < 4.78 is 5.24. The fourth-order valence-corrected chi connectivity index (χ4v) is 1.71. The summed E-state index contributed by atoms with van der Waals surface area (Å²) in [6.07, 6.45) is 0.235. The second-order valence-corrected chi connectivity index (χ2v) is 5.37. The molecule has 0 aromatic heterocycles. The Morgan fingerprint density at radius 1 is 1.18 bits per heavy atom. The molecule has 0 fully saturated rings. The van der Waals surface area contributed by atoms with Crippen LogP contribution in [0.1, 0.15) is 51.3 Å². The van der Waals surface area contributed by atoms with Crippen LogP contribution < -0.4 is 0 Å². The molecule has 0 saturated heterocycles. The fraction of sp³-hybridized carbons (Fsp3) is 0.600. The zero-order valence-corrected chi connectivity index (χ0v) is 11.4. The van der Waals surface area contributed by atoms with Crippen LogP contribution in [-0.4, -0.2) is 18.3 Å². The normalized spacial score (nSPS) is 13.7. The van der Waals surface area contributed by atoms with Crippen molar-refractivity contribution in [1.29, 1.82) is 0 Å². The third-order valence-corrected chi connectivity index (χ3v) is 2.90. The van der Waals surface area contributed by atoms with Crippen LogP contribution in [0.4, 0.5) is 0 Å². The lowest BCUT2D eigenvalue weighted by atomic mass is 9.86. The van der Waals surface area contributed by atoms with Crippen LogP contribution in [0.15, 0.2) is 24.3 Å². The molecular formula is C15H24O2. The van der Waals surface area contributed by atoms with Crippen molar-refractivity contribution in [3.05, 3.63) is 35.4 Å². The van der Waals surface area contributed by atoms with E-state index in [2.05, 4.69) is 32.9 Å². The molecule has 1 aromatic carbocycles. The number of benzene rings is 1. The molecule has 1 atom stereocenters. The van der Waals surface area contributed by atoms with E-state index in [1.807, 2.05) is 19.1 Å². The molecule has 0 aliphatic carbocycles. The van der Waals surface area contributed by atoms with Crippen LogP contribution in [0.3, 0.4) is 0 Å². The number of hydrogen-bond donors (Lipinski definition) is 1. The minimum Gasteiger partial charge on any atom is -0.388 e. The Hall–Kier alpha value is -0.860. The lowest BCUT2D eigenvalue weighted by Crippen LogP contribution is -2.11. The summed E-state index contributed by atoms with van der Waals surface area (Å²) in [6.45, 7) is 9.84. The third-order valence-electron chi connectivity index (χ3n) is 2.90. The van der Waals surface area contributed by atoms with Crippen molar-refractivity contribution in [3.63, 3.8) is 0 Å². The quantitative estimate of drug-likeness (QED) is 0.793. The zero-order valence-electron chi connectivity index (χ0n) is 11.4. The Morgan fingerprint density at radius 2 is 1.76 bits per heavy atom. The molecule has 1 rings (SSSR count). The number of hydrogen-bond acceptors (Lipinski definition) is 2. The van der Waals surface area contributed by atoms with E-state index < -0.39 is 6.10 Å². The smallest absolute Gasteiger partial charge is 0.0812 e. The maximum Gasteiger partial charge on any atom is 0.0812 e. The van der Waals surface area contributed by atoms with Gasteiger partial charge in [0.2, 0.25) is 0 Å². The van der Waals surface area contributed by atoms with Gasteiger partial charge in [0.05, 0.1) is 6.10 Å². The van der Waals surface area contributed by atoms with E-state index in [1.165, 1.54) is 5.56 Å². The Bertz CT molecular complexity index is 322. The molecule has 0 bridgehead atoms. The van der Waals surface area contributed by atoms with E-state index in [9.17, 15) is 5.11 Å². The standard InChI is InChI=1S/C15H24O2/c1-5-17-11-10-14(16)12-6-8-13(9-7-12)15(2,3)4/h6-9,14,16H,5,10-11H2,1-4H3. The van der Waals surface area contributed by atoms with E-state index in [4.69, 9.17) is 4.74 Å². The Balaban J connectivity index is 2.61. The molecule has 0 heterocycles. The van der Waals surface area contributed by atoms with Gasteiger partial charge in [-0.1, -0.05) is 45.0 Å². The maximum absolute atomic E-state index is 9.96. The molecular weight excluding hydrogens is 212 g/mol. The first kappa shape index (κ1) is 14.2. The summed E-state index contributed by atoms with van der Waals surface area (Å²) >= 11 is 0. The molecule has 2 heteroatoms. The highest BCUT2D eigenvalue weighted by Crippen LogP contribution is 2.24. The molecule has 0 aliphatic heterocycles. The van der Waals surface area contributed by atoms with Crippen molar-refractivity contribution < 1.29 is 9.84 Å². The van der Waals surface area contributed by atoms with Crippen molar-refractivity contribution >= 4 is 0 Å². The van der Waals surface area contributed by atoms with Gasteiger partial charge in [-0.25, -0.2) is 0 Å². The highest BCUT2D eigenvalue weighted by molar-refractivity contribution is 5.28. The molecule has 2 nitrogen and oxygen atoms in total. The summed E-state index contributed by atoms with van der Waals surface area (Å²) in [5.41, 5.74) is 2.42. The lowest BCUT2D eigenvalue weighted by molar-refractivity contribution is 0.0886. The van der Waals surface area contributed by atoms with Crippen LogP contribution in [0.2, 0.25) is 0 Å². The SMILES string of the molecule is CCOCCC(O)c1ccc(C(C)(C)C)cc1. The van der Waals surface area contributed by atoms with E-state index in [0.717, 1.165) is 5.56 Å². The monoisotopic (exact) mass is 236 g/mol. The number of rotatable bonds is 5. The molecule has 1 aromatic rings. The van der Waals surface area contributed by atoms with Crippen molar-refractivity contribution in [3.8, 4) is 0 Å². The predicted molar refractivity (Wildman–Crippen MR) is 71.2 cm³/mol. The summed E-state index contributed by atoms with van der Waals surface area (Å²) in [7, 11) is 0. The molecule has 96 valence electrons. The summed E-state index contributed by atoms with van der Waals surface area (Å²) in [4.78, 5) is 0. The van der Waals surface area contributed by atoms with Crippen molar-refractivity contribution in [2.45, 2.75) is 45.6 Å². The van der Waals surface area contributed by atoms with E-state index in [-0.39, 0.29) is 5.41 Å². The van der Waals surface area contributed by atoms with E-state index in [0.29, 0.717) is 19.6 Å². The number of aliphatic hydroxyl groups is 1. The van der Waals surface area contributed by atoms with Crippen LogP contribution >= 0.6 is 0 Å². The molecule has 1 N–H and O–H groups in total. The molecule has 0 spiro atoms. The number of aliphatic hydroxyl groups excluding tert-OH is 1. The van der Waals surface area contributed by atoms with Gasteiger partial charge >= 0.3 is 0 Å². The highest BCUT2D eigenvalue weighted by atomic mass is 16.5. The van der Waals surface area contributed by atoms with Gasteiger partial charge in [-0.05, 0) is 23.5 Å². The van der Waals surface area contributed by atoms with E-state index in [1.54, 1.807) is 0 Å². The molecule has 0 radical (unpaired) electrons. The fourth-order valence-electron chi connectivity index (χ4n) is 1.71. The van der Waals surface area contributed by atoms with Crippen molar-refractivity contribution in [2.75, 3.05) is 13.2 Å². The molecule has 0 aliphatic rings. The van der Waals surface area contributed by atoms with Crippen molar-refractivity contribution in [1.82, 2.24) is 0 Å². The van der Waals surface area contributed by atoms with Crippen molar-refractivity contribution in [2.24, 2.45) is 0 Å². The van der Waals surface area contributed by atoms with Crippen LogP contribution in [0, 0.1) is 0 Å². The first-order valence-electron chi connectivity index (χ1n) is 6.31. The molecule has 17 heavy (non-hydrogen) atoms. The maximum atomic E-state index is 9.96. The van der Waals surface area contributed by atoms with Gasteiger partial charge in [0.15, 0.2) is 0 Å². The molecule has 0 amide bonds. The second kappa shape index (κ2) is 6.18. The molecule has 0 saturated carbocycles. The second-order valence-electron chi connectivity index (χ2n) is 5.37. The lowest BCUT2D eigenvalue weighted by Gasteiger charge is -2.20. The minimum atomic E-state index is -0.421. The van der Waals surface area contributed by atoms with Gasteiger partial charge in [-0.2, -0.15) is 0 Å². The van der Waals surface area contributed by atoms with Gasteiger partial charge in [0, 0.05) is 19.6 Å². The Kier molecular flexibility index (Phi) is 5.16. The summed E-state index contributed by atoms with van der Waals surface area (Å²) in [5.74, 6) is 0.